The lowest BCUT2D eigenvalue weighted by molar-refractivity contribution is 0.394. The molecule has 2 N–H and O–H groups in total. The maximum Gasteiger partial charge on any atom is 0.186 e. The van der Waals surface area contributed by atoms with E-state index in [1.165, 1.54) is 0 Å². The first-order valence-corrected chi connectivity index (χ1v) is 5.34. The van der Waals surface area contributed by atoms with Gasteiger partial charge in [-0.3, -0.25) is 5.43 Å². The Morgan fingerprint density at radius 3 is 2.29 bits per heavy atom. The number of benzene rings is 1. The Morgan fingerprint density at radius 1 is 1.24 bits per heavy atom. The lowest BCUT2D eigenvalue weighted by Crippen LogP contribution is -2.28. The third-order valence-corrected chi connectivity index (χ3v) is 2.28. The molecule has 0 radical (unpaired) electrons. The van der Waals surface area contributed by atoms with E-state index in [0.717, 1.165) is 5.56 Å². The quantitative estimate of drug-likeness (QED) is 0.478. The Bertz CT molecular complexity index is 399. The molecule has 0 aromatic heterocycles. The van der Waals surface area contributed by atoms with Crippen LogP contribution in [0.1, 0.15) is 5.56 Å². The van der Waals surface area contributed by atoms with Crippen LogP contribution < -0.4 is 20.2 Å². The van der Waals surface area contributed by atoms with Gasteiger partial charge in [0, 0.05) is 18.7 Å². The van der Waals surface area contributed by atoms with Crippen LogP contribution in [0.3, 0.4) is 0 Å². The van der Waals surface area contributed by atoms with Crippen LogP contribution >= 0.6 is 12.2 Å². The van der Waals surface area contributed by atoms with E-state index in [9.17, 15) is 0 Å². The summed E-state index contributed by atoms with van der Waals surface area (Å²) in [5, 5.41) is 7.18. The molecule has 0 spiro atoms. The largest absolute Gasteiger partial charge is 0.497 e. The highest BCUT2D eigenvalue weighted by molar-refractivity contribution is 7.80. The van der Waals surface area contributed by atoms with Crippen molar-refractivity contribution < 1.29 is 9.47 Å². The predicted molar refractivity (Wildman–Crippen MR) is 71.9 cm³/mol. The monoisotopic (exact) mass is 253 g/mol. The van der Waals surface area contributed by atoms with Crippen molar-refractivity contribution in [2.24, 2.45) is 5.10 Å². The summed E-state index contributed by atoms with van der Waals surface area (Å²) >= 11 is 4.88. The highest BCUT2D eigenvalue weighted by Crippen LogP contribution is 2.21. The molecule has 92 valence electrons. The van der Waals surface area contributed by atoms with Crippen molar-refractivity contribution in [1.82, 2.24) is 10.7 Å². The molecule has 0 aliphatic rings. The number of hydrogen-bond donors (Lipinski definition) is 2. The molecule has 6 heteroatoms. The normalized spacial score (nSPS) is 10.1. The van der Waals surface area contributed by atoms with E-state index in [-0.39, 0.29) is 0 Å². The molecule has 0 saturated heterocycles. The van der Waals surface area contributed by atoms with Crippen LogP contribution in [0, 0.1) is 0 Å². The standard InChI is InChI=1S/C11H15N3O2S/c1-12-11(17)14-13-7-8-4-9(15-2)6-10(5-8)16-3/h4-7H,1-3H3,(H2,12,14,17). The molecular formula is C11H15N3O2S. The fourth-order valence-electron chi connectivity index (χ4n) is 1.13. The van der Waals surface area contributed by atoms with Gasteiger partial charge in [-0.1, -0.05) is 0 Å². The number of thiocarbonyl (C=S) groups is 1. The van der Waals surface area contributed by atoms with Gasteiger partial charge in [-0.25, -0.2) is 0 Å². The molecule has 0 fully saturated rings. The first-order chi connectivity index (χ1) is 8.19. The van der Waals surface area contributed by atoms with E-state index in [1.54, 1.807) is 33.5 Å². The summed E-state index contributed by atoms with van der Waals surface area (Å²) in [5.74, 6) is 1.42. The third kappa shape index (κ3) is 4.28. The van der Waals surface area contributed by atoms with Crippen LogP contribution in [-0.4, -0.2) is 32.6 Å². The molecule has 1 rings (SSSR count). The number of methoxy groups -OCH3 is 2. The Hall–Kier alpha value is -1.82. The van der Waals surface area contributed by atoms with Gasteiger partial charge in [0.1, 0.15) is 11.5 Å². The number of hydrazone groups is 1. The van der Waals surface area contributed by atoms with Crippen molar-refractivity contribution in [3.8, 4) is 11.5 Å². The van der Waals surface area contributed by atoms with Crippen LogP contribution in [0.5, 0.6) is 11.5 Å². The first-order valence-electron chi connectivity index (χ1n) is 4.93. The minimum atomic E-state index is 0.455. The summed E-state index contributed by atoms with van der Waals surface area (Å²) in [6.07, 6.45) is 1.63. The molecule has 5 nitrogen and oxygen atoms in total. The van der Waals surface area contributed by atoms with E-state index < -0.39 is 0 Å². The van der Waals surface area contributed by atoms with Gasteiger partial charge in [0.2, 0.25) is 0 Å². The van der Waals surface area contributed by atoms with E-state index in [4.69, 9.17) is 21.7 Å². The SMILES string of the molecule is CNC(=S)NN=Cc1cc(OC)cc(OC)c1. The Kier molecular flexibility index (Phi) is 5.22. The van der Waals surface area contributed by atoms with E-state index in [1.807, 2.05) is 12.1 Å². The molecule has 0 atom stereocenters. The summed E-state index contributed by atoms with van der Waals surface area (Å²) in [4.78, 5) is 0. The number of nitrogens with zero attached hydrogens (tertiary/aromatic N) is 1. The molecule has 0 aliphatic heterocycles. The molecule has 1 aromatic rings. The van der Waals surface area contributed by atoms with Gasteiger partial charge in [-0.05, 0) is 24.4 Å². The number of rotatable bonds is 4. The van der Waals surface area contributed by atoms with E-state index in [0.29, 0.717) is 16.6 Å². The van der Waals surface area contributed by atoms with Crippen LogP contribution in [0.4, 0.5) is 0 Å². The van der Waals surface area contributed by atoms with Crippen LogP contribution in [0.25, 0.3) is 0 Å². The molecule has 0 bridgehead atoms. The third-order valence-electron chi connectivity index (χ3n) is 1.98. The molecular weight excluding hydrogens is 238 g/mol. The Morgan fingerprint density at radius 2 is 1.82 bits per heavy atom. The van der Waals surface area contributed by atoms with E-state index >= 15 is 0 Å². The topological polar surface area (TPSA) is 54.9 Å². The van der Waals surface area contributed by atoms with Gasteiger partial charge in [0.05, 0.1) is 20.4 Å². The average molecular weight is 253 g/mol. The second kappa shape index (κ2) is 6.70. The number of hydrogen-bond acceptors (Lipinski definition) is 4. The summed E-state index contributed by atoms with van der Waals surface area (Å²) in [6.45, 7) is 0. The lowest BCUT2D eigenvalue weighted by Gasteiger charge is -2.05. The summed E-state index contributed by atoms with van der Waals surface area (Å²) < 4.78 is 10.3. The molecule has 0 unspecified atom stereocenters. The molecule has 0 amide bonds. The summed E-state index contributed by atoms with van der Waals surface area (Å²) in [6, 6.07) is 5.48. The lowest BCUT2D eigenvalue weighted by atomic mass is 10.2. The summed E-state index contributed by atoms with van der Waals surface area (Å²) in [5.41, 5.74) is 3.52. The van der Waals surface area contributed by atoms with Crippen LogP contribution in [0.2, 0.25) is 0 Å². The van der Waals surface area contributed by atoms with Crippen molar-refractivity contribution >= 4 is 23.5 Å². The zero-order valence-electron chi connectivity index (χ0n) is 9.98. The maximum absolute atomic E-state index is 5.15. The van der Waals surface area contributed by atoms with E-state index in [2.05, 4.69) is 15.8 Å². The average Bonchev–Trinajstić information content (AvgIpc) is 2.37. The minimum absolute atomic E-state index is 0.455. The van der Waals surface area contributed by atoms with Gasteiger partial charge in [0.25, 0.3) is 0 Å². The molecule has 0 aliphatic carbocycles. The Labute approximate surface area is 106 Å². The smallest absolute Gasteiger partial charge is 0.186 e. The van der Waals surface area contributed by atoms with Crippen molar-refractivity contribution in [2.75, 3.05) is 21.3 Å². The van der Waals surface area contributed by atoms with Crippen LogP contribution in [-0.2, 0) is 0 Å². The molecule has 17 heavy (non-hydrogen) atoms. The molecule has 0 heterocycles. The zero-order valence-corrected chi connectivity index (χ0v) is 10.8. The van der Waals surface area contributed by atoms with Gasteiger partial charge < -0.3 is 14.8 Å². The van der Waals surface area contributed by atoms with Crippen molar-refractivity contribution in [1.29, 1.82) is 0 Å². The van der Waals surface area contributed by atoms with Crippen molar-refractivity contribution in [3.63, 3.8) is 0 Å². The van der Waals surface area contributed by atoms with Crippen LogP contribution in [0.15, 0.2) is 23.3 Å². The molecule has 1 aromatic carbocycles. The second-order valence-corrected chi connectivity index (χ2v) is 3.50. The fourth-order valence-corrected chi connectivity index (χ4v) is 1.18. The van der Waals surface area contributed by atoms with Gasteiger partial charge in [-0.15, -0.1) is 0 Å². The maximum atomic E-state index is 5.15. The highest BCUT2D eigenvalue weighted by Gasteiger charge is 1.99. The second-order valence-electron chi connectivity index (χ2n) is 3.10. The van der Waals surface area contributed by atoms with Gasteiger partial charge >= 0.3 is 0 Å². The molecule has 0 saturated carbocycles. The highest BCUT2D eigenvalue weighted by atomic mass is 32.1. The Balaban J connectivity index is 2.79. The number of ether oxygens (including phenoxy) is 2. The zero-order chi connectivity index (χ0) is 12.7. The number of nitrogens with one attached hydrogen (secondary N) is 2. The summed E-state index contributed by atoms with van der Waals surface area (Å²) in [7, 11) is 4.92. The van der Waals surface area contributed by atoms with Gasteiger partial charge in [0.15, 0.2) is 5.11 Å². The van der Waals surface area contributed by atoms with Gasteiger partial charge in [-0.2, -0.15) is 5.10 Å². The minimum Gasteiger partial charge on any atom is -0.497 e. The fraction of sp³-hybridized carbons (Fsp3) is 0.273. The predicted octanol–water partition coefficient (Wildman–Crippen LogP) is 1.13. The first kappa shape index (κ1) is 13.2. The van der Waals surface area contributed by atoms with Crippen molar-refractivity contribution in [3.05, 3.63) is 23.8 Å². The van der Waals surface area contributed by atoms with Crippen molar-refractivity contribution in [2.45, 2.75) is 0 Å².